The van der Waals surface area contributed by atoms with Gasteiger partial charge in [0.05, 0.1) is 34.1 Å². The van der Waals surface area contributed by atoms with Gasteiger partial charge in [0, 0.05) is 57.2 Å². The average Bonchev–Trinajstić information content (AvgIpc) is 3.53. The first-order valence-electron chi connectivity index (χ1n) is 15.7. The molecule has 48 heavy (non-hydrogen) atoms. The van der Waals surface area contributed by atoms with Crippen LogP contribution in [0.3, 0.4) is 0 Å². The predicted octanol–water partition coefficient (Wildman–Crippen LogP) is 4.70. The Bertz CT molecular complexity index is 1730. The molecule has 0 atom stereocenters. The van der Waals surface area contributed by atoms with Crippen LogP contribution in [0.2, 0.25) is 5.02 Å². The number of benzene rings is 1. The SMILES string of the molecule is Cl.Cn1c(-c2cn(C3CC4(CC4)C3)nc2C(F)(F)F)cnc1C(=O)Nc1ccc(C(=O)N2CCN(C(=O)N[C@H]3C[C@@H](N)C3)CC2)c(Cl)c1. The number of nitrogens with two attached hydrogens (primary N) is 1. The minimum absolute atomic E-state index is 0. The van der Waals surface area contributed by atoms with Gasteiger partial charge in [-0.3, -0.25) is 14.3 Å². The van der Waals surface area contributed by atoms with Crippen molar-refractivity contribution in [3.8, 4) is 11.3 Å². The van der Waals surface area contributed by atoms with Crippen molar-refractivity contribution in [2.75, 3.05) is 31.5 Å². The molecule has 3 saturated carbocycles. The molecule has 3 heterocycles. The van der Waals surface area contributed by atoms with E-state index in [0.717, 1.165) is 38.5 Å². The topological polar surface area (TPSA) is 143 Å². The van der Waals surface area contributed by atoms with Crippen molar-refractivity contribution < 1.29 is 27.6 Å². The number of aromatic nitrogens is 4. The summed E-state index contributed by atoms with van der Waals surface area (Å²) in [4.78, 5) is 46.3. The van der Waals surface area contributed by atoms with Gasteiger partial charge >= 0.3 is 12.2 Å². The number of halogens is 5. The van der Waals surface area contributed by atoms with Gasteiger partial charge in [0.15, 0.2) is 11.5 Å². The Morgan fingerprint density at radius 1 is 1.06 bits per heavy atom. The van der Waals surface area contributed by atoms with Crippen molar-refractivity contribution in [1.29, 1.82) is 0 Å². The van der Waals surface area contributed by atoms with Gasteiger partial charge in [0.1, 0.15) is 0 Å². The molecule has 1 saturated heterocycles. The maximum absolute atomic E-state index is 14.0. The molecule has 1 aliphatic heterocycles. The Kier molecular flexibility index (Phi) is 8.92. The van der Waals surface area contributed by atoms with E-state index in [4.69, 9.17) is 17.3 Å². The molecule has 258 valence electrons. The number of anilines is 1. The summed E-state index contributed by atoms with van der Waals surface area (Å²) in [6.07, 6.45) is 3.35. The molecule has 4 fully saturated rings. The highest BCUT2D eigenvalue weighted by atomic mass is 35.5. The highest BCUT2D eigenvalue weighted by Crippen LogP contribution is 2.65. The Hall–Kier alpha value is -3.82. The number of carbonyl (C=O) groups is 3. The molecule has 4 N–H and O–H groups in total. The van der Waals surface area contributed by atoms with Gasteiger partial charge in [0.25, 0.3) is 11.8 Å². The lowest BCUT2D eigenvalue weighted by molar-refractivity contribution is -0.141. The Morgan fingerprint density at radius 2 is 1.73 bits per heavy atom. The smallest absolute Gasteiger partial charge is 0.335 e. The number of carbonyl (C=O) groups excluding carboxylic acids is 3. The van der Waals surface area contributed by atoms with Crippen LogP contribution in [0.5, 0.6) is 0 Å². The number of rotatable bonds is 6. The van der Waals surface area contributed by atoms with Crippen LogP contribution in [0, 0.1) is 5.41 Å². The lowest BCUT2D eigenvalue weighted by atomic mass is 9.77. The molecule has 1 spiro atoms. The van der Waals surface area contributed by atoms with Crippen LogP contribution < -0.4 is 16.4 Å². The molecular weight excluding hydrogens is 674 g/mol. The molecule has 0 bridgehead atoms. The molecule has 12 nitrogen and oxygen atoms in total. The van der Waals surface area contributed by atoms with Gasteiger partial charge in [-0.1, -0.05) is 11.6 Å². The van der Waals surface area contributed by atoms with Gasteiger partial charge in [-0.25, -0.2) is 9.78 Å². The number of nitrogens with one attached hydrogen (secondary N) is 2. The third kappa shape index (κ3) is 6.47. The summed E-state index contributed by atoms with van der Waals surface area (Å²) >= 11 is 6.46. The minimum Gasteiger partial charge on any atom is -0.335 e. The molecule has 1 aromatic carbocycles. The average molecular weight is 711 g/mol. The summed E-state index contributed by atoms with van der Waals surface area (Å²) in [6.45, 7) is 1.42. The zero-order valence-electron chi connectivity index (χ0n) is 26.1. The van der Waals surface area contributed by atoms with Gasteiger partial charge in [-0.05, 0) is 62.1 Å². The second kappa shape index (κ2) is 12.6. The summed E-state index contributed by atoms with van der Waals surface area (Å²) in [6, 6.07) is 4.43. The lowest BCUT2D eigenvalue weighted by Gasteiger charge is -2.38. The number of nitrogens with zero attached hydrogens (tertiary/aromatic N) is 6. The van der Waals surface area contributed by atoms with Gasteiger partial charge in [-0.2, -0.15) is 18.3 Å². The lowest BCUT2D eigenvalue weighted by Crippen LogP contribution is -2.57. The molecule has 17 heteroatoms. The maximum atomic E-state index is 14.0. The molecule has 4 aliphatic rings. The van der Waals surface area contributed by atoms with Crippen LogP contribution in [0.1, 0.15) is 71.2 Å². The molecular formula is C31H36Cl2F3N9O3. The highest BCUT2D eigenvalue weighted by molar-refractivity contribution is 6.34. The van der Waals surface area contributed by atoms with Gasteiger partial charge < -0.3 is 30.7 Å². The van der Waals surface area contributed by atoms with Crippen LogP contribution >= 0.6 is 24.0 Å². The monoisotopic (exact) mass is 709 g/mol. The van der Waals surface area contributed by atoms with E-state index in [9.17, 15) is 27.6 Å². The summed E-state index contributed by atoms with van der Waals surface area (Å²) in [5.41, 5.74) is 5.55. The van der Waals surface area contributed by atoms with E-state index in [2.05, 4.69) is 20.7 Å². The Balaban J connectivity index is 0.00000401. The maximum Gasteiger partial charge on any atom is 0.435 e. The number of urea groups is 1. The van der Waals surface area contributed by atoms with Crippen molar-refractivity contribution in [2.24, 2.45) is 18.2 Å². The number of hydrogen-bond acceptors (Lipinski definition) is 6. The largest absolute Gasteiger partial charge is 0.435 e. The van der Waals surface area contributed by atoms with Crippen molar-refractivity contribution >= 4 is 47.5 Å². The first-order chi connectivity index (χ1) is 22.3. The van der Waals surface area contributed by atoms with Crippen molar-refractivity contribution in [1.82, 2.24) is 34.4 Å². The zero-order valence-corrected chi connectivity index (χ0v) is 27.7. The van der Waals surface area contributed by atoms with Crippen molar-refractivity contribution in [2.45, 2.75) is 62.8 Å². The number of piperazine rings is 1. The zero-order chi connectivity index (χ0) is 33.2. The van der Waals surface area contributed by atoms with E-state index >= 15 is 0 Å². The molecule has 7 rings (SSSR count). The van der Waals surface area contributed by atoms with Crippen LogP contribution in [-0.2, 0) is 13.2 Å². The Morgan fingerprint density at radius 3 is 2.33 bits per heavy atom. The van der Waals surface area contributed by atoms with Crippen LogP contribution in [-0.4, -0.2) is 85.2 Å². The normalized spacial score (nSPS) is 21.6. The third-order valence-corrected chi connectivity index (χ3v) is 10.3. The van der Waals surface area contributed by atoms with E-state index in [0.29, 0.717) is 31.6 Å². The number of hydrogen-bond donors (Lipinski definition) is 3. The van der Waals surface area contributed by atoms with E-state index in [1.165, 1.54) is 46.9 Å². The molecule has 3 aromatic rings. The van der Waals surface area contributed by atoms with E-state index in [1.54, 1.807) is 9.80 Å². The fraction of sp³-hybridized carbons (Fsp3) is 0.516. The molecule has 3 aliphatic carbocycles. The molecule has 2 aromatic heterocycles. The van der Waals surface area contributed by atoms with E-state index < -0.39 is 17.8 Å². The minimum atomic E-state index is -4.68. The predicted molar refractivity (Wildman–Crippen MR) is 173 cm³/mol. The first kappa shape index (κ1) is 34.1. The fourth-order valence-electron chi connectivity index (χ4n) is 6.84. The summed E-state index contributed by atoms with van der Waals surface area (Å²) in [7, 11) is 1.47. The van der Waals surface area contributed by atoms with E-state index in [1.807, 2.05) is 0 Å². The standard InChI is InChI=1S/C31H35ClF3N9O3.ClH/c1-41-24(22-16-44(40-25(22)31(33,34)35)20-13-30(14-20)4-5-30)15-37-26(41)27(45)38-18-2-3-21(23(32)12-18)28(46)42-6-8-43(9-7-42)29(47)39-19-10-17(36)11-19;/h2-3,12,15-17,19-20H,4-11,13-14,36H2,1H3,(H,38,45)(H,39,47);1H/t17-,19+;. The number of alkyl halides is 3. The van der Waals surface area contributed by atoms with Crippen LogP contribution in [0.15, 0.2) is 30.6 Å². The number of amides is 4. The third-order valence-electron chi connectivity index (χ3n) is 9.95. The van der Waals surface area contributed by atoms with E-state index in [-0.39, 0.29) is 75.8 Å². The summed E-state index contributed by atoms with van der Waals surface area (Å²) < 4.78 is 44.7. The van der Waals surface area contributed by atoms with Crippen molar-refractivity contribution in [3.05, 3.63) is 52.7 Å². The Labute approximate surface area is 285 Å². The number of imidazole rings is 1. The van der Waals surface area contributed by atoms with Crippen molar-refractivity contribution in [3.63, 3.8) is 0 Å². The molecule has 4 amide bonds. The highest BCUT2D eigenvalue weighted by Gasteiger charge is 2.54. The first-order valence-corrected chi connectivity index (χ1v) is 16.1. The summed E-state index contributed by atoms with van der Waals surface area (Å²) in [5.74, 6) is -1.08. The van der Waals surface area contributed by atoms with Gasteiger partial charge in [-0.15, -0.1) is 12.4 Å². The molecule has 0 radical (unpaired) electrons. The molecule has 0 unspecified atom stereocenters. The quantitative estimate of drug-likeness (QED) is 0.339. The fourth-order valence-corrected chi connectivity index (χ4v) is 7.10. The second-order valence-corrected chi connectivity index (χ2v) is 13.7. The van der Waals surface area contributed by atoms with Gasteiger partial charge in [0.2, 0.25) is 0 Å². The summed E-state index contributed by atoms with van der Waals surface area (Å²) in [5, 5.41) is 9.65. The van der Waals surface area contributed by atoms with Crippen LogP contribution in [0.4, 0.5) is 23.7 Å². The van der Waals surface area contributed by atoms with Crippen LogP contribution in [0.25, 0.3) is 11.3 Å². The second-order valence-electron chi connectivity index (χ2n) is 13.3.